The summed E-state index contributed by atoms with van der Waals surface area (Å²) in [5.74, 6) is -0.0548. The van der Waals surface area contributed by atoms with E-state index >= 15 is 0 Å². The fourth-order valence-corrected chi connectivity index (χ4v) is 3.36. The number of nitrogens with zero attached hydrogens (tertiary/aromatic N) is 2. The van der Waals surface area contributed by atoms with Crippen LogP contribution in [0.2, 0.25) is 0 Å². The number of hydrogen-bond donors (Lipinski definition) is 2. The Labute approximate surface area is 184 Å². The van der Waals surface area contributed by atoms with Gasteiger partial charge in [-0.3, -0.25) is 4.79 Å². The second-order valence-corrected chi connectivity index (χ2v) is 7.69. The van der Waals surface area contributed by atoms with Crippen LogP contribution < -0.4 is 10.6 Å². The van der Waals surface area contributed by atoms with Gasteiger partial charge in [0.1, 0.15) is 0 Å². The summed E-state index contributed by atoms with van der Waals surface area (Å²) in [6.45, 7) is 6.54. The topological polar surface area (TPSA) is 106 Å². The number of esters is 1. The van der Waals surface area contributed by atoms with Gasteiger partial charge in [-0.15, -0.1) is 10.2 Å². The Bertz CT molecular complexity index is 1050. The van der Waals surface area contributed by atoms with Gasteiger partial charge < -0.3 is 19.8 Å². The first-order valence-corrected chi connectivity index (χ1v) is 10.8. The predicted octanol–water partition coefficient (Wildman–Crippen LogP) is 4.21. The summed E-state index contributed by atoms with van der Waals surface area (Å²) in [4.78, 5) is 23.8. The van der Waals surface area contributed by atoms with E-state index in [1.54, 1.807) is 31.2 Å². The highest BCUT2D eigenvalue weighted by atomic mass is 32.2. The van der Waals surface area contributed by atoms with Gasteiger partial charge in [0, 0.05) is 11.4 Å². The molecular formula is C22H24N4O4S. The number of anilines is 2. The lowest BCUT2D eigenvalue weighted by atomic mass is 10.1. The number of aryl methyl sites for hydroxylation is 2. The van der Waals surface area contributed by atoms with Gasteiger partial charge in [-0.05, 0) is 56.7 Å². The van der Waals surface area contributed by atoms with Crippen molar-refractivity contribution in [1.82, 2.24) is 10.2 Å². The second-order valence-electron chi connectivity index (χ2n) is 6.77. The van der Waals surface area contributed by atoms with Gasteiger partial charge >= 0.3 is 5.97 Å². The normalized spacial score (nSPS) is 10.5. The van der Waals surface area contributed by atoms with Crippen molar-refractivity contribution in [1.29, 1.82) is 0 Å². The Balaban J connectivity index is 1.45. The van der Waals surface area contributed by atoms with Crippen LogP contribution in [0.5, 0.6) is 0 Å². The van der Waals surface area contributed by atoms with E-state index in [0.29, 0.717) is 35.5 Å². The summed E-state index contributed by atoms with van der Waals surface area (Å²) in [7, 11) is 0. The van der Waals surface area contributed by atoms with Crippen LogP contribution in [0.3, 0.4) is 0 Å². The molecule has 31 heavy (non-hydrogen) atoms. The molecule has 1 aromatic heterocycles. The molecule has 0 saturated carbocycles. The highest BCUT2D eigenvalue weighted by Gasteiger charge is 2.11. The molecule has 0 aliphatic carbocycles. The maximum absolute atomic E-state index is 12.2. The van der Waals surface area contributed by atoms with Crippen LogP contribution in [0.1, 0.15) is 34.3 Å². The lowest BCUT2D eigenvalue weighted by molar-refractivity contribution is -0.113. The first-order valence-electron chi connectivity index (χ1n) is 9.78. The number of aromatic nitrogens is 2. The lowest BCUT2D eigenvalue weighted by Gasteiger charge is -2.08. The third-order valence-electron chi connectivity index (χ3n) is 4.27. The SMILES string of the molecule is CCOC(=O)c1ccc(NC(=O)CSc2nnc(CNc3ccc(C)cc3C)o2)cc1. The standard InChI is InChI=1S/C22H24N4O4S/c1-4-29-21(28)16-6-8-17(9-7-16)24-19(27)13-31-22-26-25-20(30-22)12-23-18-10-5-14(2)11-15(18)3/h5-11,23H,4,12-13H2,1-3H3,(H,24,27). The molecule has 0 aliphatic heterocycles. The molecule has 3 rings (SSSR count). The van der Waals surface area contributed by atoms with Crippen molar-refractivity contribution in [2.24, 2.45) is 0 Å². The van der Waals surface area contributed by atoms with Gasteiger partial charge in [0.15, 0.2) is 0 Å². The number of thioether (sulfide) groups is 1. The van der Waals surface area contributed by atoms with Gasteiger partial charge in [0.2, 0.25) is 11.8 Å². The fraction of sp³-hybridized carbons (Fsp3) is 0.273. The number of ether oxygens (including phenoxy) is 1. The highest BCUT2D eigenvalue weighted by molar-refractivity contribution is 7.99. The maximum Gasteiger partial charge on any atom is 0.338 e. The molecule has 2 aromatic carbocycles. The summed E-state index contributed by atoms with van der Waals surface area (Å²) in [6.07, 6.45) is 0. The van der Waals surface area contributed by atoms with Crippen LogP contribution in [-0.4, -0.2) is 34.4 Å². The molecular weight excluding hydrogens is 416 g/mol. The number of nitrogens with one attached hydrogen (secondary N) is 2. The van der Waals surface area contributed by atoms with Crippen LogP contribution in [0.15, 0.2) is 52.1 Å². The minimum Gasteiger partial charge on any atom is -0.462 e. The van der Waals surface area contributed by atoms with Crippen molar-refractivity contribution < 1.29 is 18.7 Å². The Morgan fingerprint density at radius 1 is 1.10 bits per heavy atom. The van der Waals surface area contributed by atoms with Crippen molar-refractivity contribution in [2.45, 2.75) is 32.5 Å². The Morgan fingerprint density at radius 3 is 2.58 bits per heavy atom. The molecule has 0 saturated heterocycles. The van der Waals surface area contributed by atoms with Gasteiger partial charge in [0.25, 0.3) is 5.22 Å². The molecule has 0 unspecified atom stereocenters. The van der Waals surface area contributed by atoms with Crippen LogP contribution >= 0.6 is 11.8 Å². The molecule has 0 spiro atoms. The first-order chi connectivity index (χ1) is 14.9. The molecule has 0 radical (unpaired) electrons. The van der Waals surface area contributed by atoms with Crippen LogP contribution in [0, 0.1) is 13.8 Å². The Kier molecular flexibility index (Phi) is 7.66. The van der Waals surface area contributed by atoms with E-state index in [1.807, 2.05) is 26.0 Å². The number of hydrogen-bond acceptors (Lipinski definition) is 8. The summed E-state index contributed by atoms with van der Waals surface area (Å²) in [5, 5.41) is 14.3. The number of benzene rings is 2. The van der Waals surface area contributed by atoms with Crippen molar-refractivity contribution in [3.8, 4) is 0 Å². The van der Waals surface area contributed by atoms with Crippen LogP contribution in [0.4, 0.5) is 11.4 Å². The summed E-state index contributed by atoms with van der Waals surface area (Å²) in [6, 6.07) is 12.7. The number of amides is 1. The highest BCUT2D eigenvalue weighted by Crippen LogP contribution is 2.20. The van der Waals surface area contributed by atoms with Gasteiger partial charge in [-0.2, -0.15) is 0 Å². The van der Waals surface area contributed by atoms with Gasteiger partial charge in [-0.1, -0.05) is 29.5 Å². The minimum absolute atomic E-state index is 0.117. The number of carbonyl (C=O) groups is 2. The average Bonchev–Trinajstić information content (AvgIpc) is 3.20. The molecule has 1 amide bonds. The van der Waals surface area contributed by atoms with E-state index in [-0.39, 0.29) is 11.7 Å². The second kappa shape index (κ2) is 10.6. The zero-order valence-corrected chi connectivity index (χ0v) is 18.4. The summed E-state index contributed by atoms with van der Waals surface area (Å²) < 4.78 is 10.5. The minimum atomic E-state index is -0.393. The van der Waals surface area contributed by atoms with Crippen LogP contribution in [-0.2, 0) is 16.1 Å². The molecule has 3 aromatic rings. The zero-order chi connectivity index (χ0) is 22.2. The van der Waals surface area contributed by atoms with Crippen molar-refractivity contribution >= 4 is 35.0 Å². The van der Waals surface area contributed by atoms with E-state index in [2.05, 4.69) is 26.9 Å². The fourth-order valence-electron chi connectivity index (χ4n) is 2.78. The van der Waals surface area contributed by atoms with E-state index in [4.69, 9.17) is 9.15 Å². The third kappa shape index (κ3) is 6.58. The molecule has 162 valence electrons. The molecule has 1 heterocycles. The van der Waals surface area contributed by atoms with Gasteiger partial charge in [0.05, 0.1) is 24.5 Å². The molecule has 0 fully saturated rings. The third-order valence-corrected chi connectivity index (χ3v) is 5.09. The van der Waals surface area contributed by atoms with E-state index in [9.17, 15) is 9.59 Å². The van der Waals surface area contributed by atoms with E-state index in [0.717, 1.165) is 23.0 Å². The van der Waals surface area contributed by atoms with Crippen molar-refractivity contribution in [3.63, 3.8) is 0 Å². The summed E-state index contributed by atoms with van der Waals surface area (Å²) in [5.41, 5.74) is 4.37. The van der Waals surface area contributed by atoms with E-state index < -0.39 is 5.97 Å². The molecule has 0 bridgehead atoms. The molecule has 9 heteroatoms. The molecule has 2 N–H and O–H groups in total. The van der Waals surface area contributed by atoms with Crippen molar-refractivity contribution in [3.05, 3.63) is 65.0 Å². The molecule has 0 atom stereocenters. The smallest absolute Gasteiger partial charge is 0.338 e. The van der Waals surface area contributed by atoms with Crippen molar-refractivity contribution in [2.75, 3.05) is 23.0 Å². The number of rotatable bonds is 9. The monoisotopic (exact) mass is 440 g/mol. The number of carbonyl (C=O) groups excluding carboxylic acids is 2. The molecule has 8 nitrogen and oxygen atoms in total. The summed E-state index contributed by atoms with van der Waals surface area (Å²) >= 11 is 1.16. The van der Waals surface area contributed by atoms with Crippen LogP contribution in [0.25, 0.3) is 0 Å². The van der Waals surface area contributed by atoms with E-state index in [1.165, 1.54) is 5.56 Å². The first kappa shape index (κ1) is 22.4. The van der Waals surface area contributed by atoms with Gasteiger partial charge in [-0.25, -0.2) is 4.79 Å². The Morgan fingerprint density at radius 2 is 1.87 bits per heavy atom. The largest absolute Gasteiger partial charge is 0.462 e. The lowest BCUT2D eigenvalue weighted by Crippen LogP contribution is -2.14. The quantitative estimate of drug-likeness (QED) is 0.377. The zero-order valence-electron chi connectivity index (χ0n) is 17.6. The average molecular weight is 441 g/mol. The Hall–Kier alpha value is -3.33. The predicted molar refractivity (Wildman–Crippen MR) is 119 cm³/mol. The molecule has 0 aliphatic rings. The maximum atomic E-state index is 12.2.